The van der Waals surface area contributed by atoms with Crippen molar-refractivity contribution in [2.45, 2.75) is 26.7 Å². The van der Waals surface area contributed by atoms with Crippen molar-refractivity contribution < 1.29 is 0 Å². The highest BCUT2D eigenvalue weighted by Gasteiger charge is 1.98. The van der Waals surface area contributed by atoms with Crippen molar-refractivity contribution in [1.82, 2.24) is 0 Å². The summed E-state index contributed by atoms with van der Waals surface area (Å²) in [5.74, 6) is 0.881. The van der Waals surface area contributed by atoms with Gasteiger partial charge in [-0.05, 0) is 5.92 Å². The second-order valence-corrected chi connectivity index (χ2v) is 2.24. The molecule has 0 spiro atoms. The van der Waals surface area contributed by atoms with E-state index in [0.717, 1.165) is 12.8 Å². The van der Waals surface area contributed by atoms with Gasteiger partial charge in [0.25, 0.3) is 0 Å². The van der Waals surface area contributed by atoms with Crippen LogP contribution < -0.4 is 5.73 Å². The van der Waals surface area contributed by atoms with Gasteiger partial charge in [0.2, 0.25) is 0 Å². The Hall–Kier alpha value is -0.530. The van der Waals surface area contributed by atoms with E-state index in [0.29, 0.717) is 11.8 Å². The van der Waals surface area contributed by atoms with E-state index in [9.17, 15) is 0 Å². The zero-order valence-electron chi connectivity index (χ0n) is 5.57. The molecule has 0 aromatic rings. The summed E-state index contributed by atoms with van der Waals surface area (Å²) >= 11 is 0. The van der Waals surface area contributed by atoms with Gasteiger partial charge in [-0.15, -0.1) is 0 Å². The molecule has 3 N–H and O–H groups in total. The summed E-state index contributed by atoms with van der Waals surface area (Å²) in [5, 5.41) is 6.91. The van der Waals surface area contributed by atoms with Gasteiger partial charge >= 0.3 is 0 Å². The smallest absolute Gasteiger partial charge is 0.0907 e. The molecule has 0 saturated heterocycles. The molecule has 0 aliphatic heterocycles. The fourth-order valence-electron chi connectivity index (χ4n) is 0.520. The van der Waals surface area contributed by atoms with Gasteiger partial charge in [-0.25, -0.2) is 0 Å². The van der Waals surface area contributed by atoms with Crippen LogP contribution in [0.15, 0.2) is 0 Å². The Balaban J connectivity index is 3.24. The van der Waals surface area contributed by atoms with E-state index in [1.54, 1.807) is 0 Å². The van der Waals surface area contributed by atoms with Crippen molar-refractivity contribution in [2.75, 3.05) is 0 Å². The van der Waals surface area contributed by atoms with Crippen molar-refractivity contribution in [1.29, 1.82) is 5.41 Å². The molecule has 0 unspecified atom stereocenters. The Bertz CT molecular complexity index is 78.6. The topological polar surface area (TPSA) is 49.9 Å². The van der Waals surface area contributed by atoms with Gasteiger partial charge in [-0.2, -0.15) is 0 Å². The van der Waals surface area contributed by atoms with Crippen LogP contribution in [0.5, 0.6) is 0 Å². The lowest BCUT2D eigenvalue weighted by atomic mass is 10.1. The molecule has 48 valence electrons. The van der Waals surface area contributed by atoms with Crippen molar-refractivity contribution in [3.8, 4) is 0 Å². The molecule has 0 aliphatic rings. The Kier molecular flexibility index (Phi) is 3.24. The standard InChI is InChI=1S/C6H14N2/c1-3-5(2)4-6(7)8/h5H,3-4H2,1-2H3,(H3,7,8)/t5-/m1/s1. The summed E-state index contributed by atoms with van der Waals surface area (Å²) in [4.78, 5) is 0. The third-order valence-corrected chi connectivity index (χ3v) is 1.27. The monoisotopic (exact) mass is 114 g/mol. The summed E-state index contributed by atoms with van der Waals surface area (Å²) in [6.45, 7) is 4.20. The molecular formula is C6H14N2. The van der Waals surface area contributed by atoms with Crippen LogP contribution in [0.4, 0.5) is 0 Å². The summed E-state index contributed by atoms with van der Waals surface area (Å²) in [7, 11) is 0. The minimum Gasteiger partial charge on any atom is -0.388 e. The lowest BCUT2D eigenvalue weighted by Crippen LogP contribution is -2.13. The molecule has 0 rings (SSSR count). The maximum atomic E-state index is 6.91. The highest BCUT2D eigenvalue weighted by molar-refractivity contribution is 5.76. The van der Waals surface area contributed by atoms with Crippen molar-refractivity contribution >= 4 is 5.84 Å². The van der Waals surface area contributed by atoms with Crippen molar-refractivity contribution in [3.05, 3.63) is 0 Å². The Labute approximate surface area is 50.6 Å². The van der Waals surface area contributed by atoms with Crippen molar-refractivity contribution in [2.24, 2.45) is 11.7 Å². The molecule has 2 nitrogen and oxygen atoms in total. The fourth-order valence-corrected chi connectivity index (χ4v) is 0.520. The van der Waals surface area contributed by atoms with Gasteiger partial charge in [-0.1, -0.05) is 20.3 Å². The van der Waals surface area contributed by atoms with E-state index in [1.165, 1.54) is 0 Å². The molecule has 0 aliphatic carbocycles. The van der Waals surface area contributed by atoms with E-state index in [4.69, 9.17) is 11.1 Å². The van der Waals surface area contributed by atoms with Crippen molar-refractivity contribution in [3.63, 3.8) is 0 Å². The molecule has 0 bridgehead atoms. The highest BCUT2D eigenvalue weighted by atomic mass is 14.7. The van der Waals surface area contributed by atoms with E-state index >= 15 is 0 Å². The first-order chi connectivity index (χ1) is 3.66. The van der Waals surface area contributed by atoms with Crippen LogP contribution in [-0.4, -0.2) is 5.84 Å². The Morgan fingerprint density at radius 3 is 2.38 bits per heavy atom. The van der Waals surface area contributed by atoms with Crippen LogP contribution in [0.2, 0.25) is 0 Å². The van der Waals surface area contributed by atoms with E-state index in [1.807, 2.05) is 0 Å². The molecule has 0 aromatic carbocycles. The minimum absolute atomic E-state index is 0.305. The number of amidine groups is 1. The normalized spacial score (nSPS) is 13.2. The third kappa shape index (κ3) is 3.65. The minimum atomic E-state index is 0.305. The lowest BCUT2D eigenvalue weighted by molar-refractivity contribution is 0.584. The van der Waals surface area contributed by atoms with Crippen LogP contribution >= 0.6 is 0 Å². The molecule has 2 heteroatoms. The first-order valence-electron chi connectivity index (χ1n) is 2.99. The second kappa shape index (κ2) is 3.47. The van der Waals surface area contributed by atoms with Crippen LogP contribution in [0.3, 0.4) is 0 Å². The average molecular weight is 114 g/mol. The number of hydrogen-bond acceptors (Lipinski definition) is 1. The van der Waals surface area contributed by atoms with E-state index in [2.05, 4.69) is 13.8 Å². The first kappa shape index (κ1) is 7.47. The van der Waals surface area contributed by atoms with Crippen LogP contribution in [-0.2, 0) is 0 Å². The molecule has 8 heavy (non-hydrogen) atoms. The molecule has 0 radical (unpaired) electrons. The summed E-state index contributed by atoms with van der Waals surface area (Å²) in [6.07, 6.45) is 1.86. The van der Waals surface area contributed by atoms with Gasteiger partial charge in [-0.3, -0.25) is 5.41 Å². The predicted molar refractivity (Wildman–Crippen MR) is 36.0 cm³/mol. The average Bonchev–Trinajstić information content (AvgIpc) is 1.65. The van der Waals surface area contributed by atoms with Crippen LogP contribution in [0.1, 0.15) is 26.7 Å². The highest BCUT2D eigenvalue weighted by Crippen LogP contribution is 2.03. The largest absolute Gasteiger partial charge is 0.388 e. The van der Waals surface area contributed by atoms with Gasteiger partial charge < -0.3 is 5.73 Å². The summed E-state index contributed by atoms with van der Waals surface area (Å²) in [6, 6.07) is 0. The molecule has 0 saturated carbocycles. The number of hydrogen-bond donors (Lipinski definition) is 2. The lowest BCUT2D eigenvalue weighted by Gasteiger charge is -2.03. The number of nitrogens with two attached hydrogens (primary N) is 1. The zero-order chi connectivity index (χ0) is 6.57. The molecule has 0 fully saturated rings. The molecule has 0 heterocycles. The maximum Gasteiger partial charge on any atom is 0.0907 e. The quantitative estimate of drug-likeness (QED) is 0.422. The van der Waals surface area contributed by atoms with Gasteiger partial charge in [0.1, 0.15) is 0 Å². The number of nitrogens with one attached hydrogen (secondary N) is 1. The molecule has 1 atom stereocenters. The second-order valence-electron chi connectivity index (χ2n) is 2.24. The summed E-state index contributed by atoms with van der Waals surface area (Å²) in [5.41, 5.74) is 5.15. The predicted octanol–water partition coefficient (Wildman–Crippen LogP) is 1.36. The molecule has 0 aromatic heterocycles. The Morgan fingerprint density at radius 1 is 1.75 bits per heavy atom. The fraction of sp³-hybridized carbons (Fsp3) is 0.833. The maximum absolute atomic E-state index is 6.91. The summed E-state index contributed by atoms with van der Waals surface area (Å²) < 4.78 is 0. The Morgan fingerprint density at radius 2 is 2.25 bits per heavy atom. The van der Waals surface area contributed by atoms with Gasteiger partial charge in [0.15, 0.2) is 0 Å². The molecular weight excluding hydrogens is 100 g/mol. The van der Waals surface area contributed by atoms with E-state index in [-0.39, 0.29) is 0 Å². The van der Waals surface area contributed by atoms with Gasteiger partial charge in [0.05, 0.1) is 5.84 Å². The zero-order valence-corrected chi connectivity index (χ0v) is 5.57. The van der Waals surface area contributed by atoms with Crippen LogP contribution in [0.25, 0.3) is 0 Å². The van der Waals surface area contributed by atoms with Crippen LogP contribution in [0, 0.1) is 11.3 Å². The number of rotatable bonds is 3. The third-order valence-electron chi connectivity index (χ3n) is 1.27. The van der Waals surface area contributed by atoms with Gasteiger partial charge in [0, 0.05) is 6.42 Å². The SMILES string of the molecule is CC[C@@H](C)CC(=N)N. The first-order valence-corrected chi connectivity index (χ1v) is 2.99. The van der Waals surface area contributed by atoms with E-state index < -0.39 is 0 Å². The molecule has 0 amide bonds.